The highest BCUT2D eigenvalue weighted by atomic mass is 32.2. The first-order chi connectivity index (χ1) is 10.4. The topological polar surface area (TPSA) is 68.8 Å². The number of anilines is 1. The van der Waals surface area contributed by atoms with Gasteiger partial charge in [0.25, 0.3) is 0 Å². The van der Waals surface area contributed by atoms with Crippen molar-refractivity contribution in [3.63, 3.8) is 0 Å². The molecule has 0 aliphatic carbocycles. The van der Waals surface area contributed by atoms with Crippen molar-refractivity contribution in [1.29, 1.82) is 0 Å². The van der Waals surface area contributed by atoms with Gasteiger partial charge in [-0.3, -0.25) is 0 Å². The van der Waals surface area contributed by atoms with Gasteiger partial charge in [-0.25, -0.2) is 14.6 Å². The van der Waals surface area contributed by atoms with Crippen LogP contribution in [-0.4, -0.2) is 26.0 Å². The number of aromatic nitrogens is 4. The van der Waals surface area contributed by atoms with Gasteiger partial charge >= 0.3 is 0 Å². The number of pyridine rings is 1. The lowest BCUT2D eigenvalue weighted by Gasteiger charge is -2.09. The van der Waals surface area contributed by atoms with Gasteiger partial charge in [-0.15, -0.1) is 0 Å². The Morgan fingerprint density at radius 1 is 1.29 bits per heavy atom. The van der Waals surface area contributed by atoms with Crippen LogP contribution in [0.3, 0.4) is 0 Å². The molecule has 0 spiro atoms. The van der Waals surface area contributed by atoms with Crippen LogP contribution in [0.2, 0.25) is 0 Å². The normalized spacial score (nSPS) is 10.7. The highest BCUT2D eigenvalue weighted by Gasteiger charge is 2.07. The minimum absolute atomic E-state index is 0.599. The standard InChI is InChI=1S/C14H15N5OS/c1-21-8-12-5-4-11(20-12)7-17-13-3-2-6-16-14(13)19-10-15-9-18-19/h2-6,9-10,17H,7-8H2,1H3. The molecule has 0 aliphatic rings. The monoisotopic (exact) mass is 301 g/mol. The summed E-state index contributed by atoms with van der Waals surface area (Å²) in [4.78, 5) is 8.28. The molecular formula is C14H15N5OS. The van der Waals surface area contributed by atoms with Crippen LogP contribution in [0.1, 0.15) is 11.5 Å². The quantitative estimate of drug-likeness (QED) is 0.755. The van der Waals surface area contributed by atoms with E-state index in [0.717, 1.165) is 23.0 Å². The van der Waals surface area contributed by atoms with Gasteiger partial charge in [-0.1, -0.05) is 0 Å². The molecule has 0 atom stereocenters. The molecule has 0 saturated carbocycles. The van der Waals surface area contributed by atoms with Crippen LogP contribution in [0.4, 0.5) is 5.69 Å². The SMILES string of the molecule is CSCc1ccc(CNc2cccnc2-n2cncn2)o1. The Hall–Kier alpha value is -2.28. The third-order valence-electron chi connectivity index (χ3n) is 2.88. The Labute approximate surface area is 126 Å². The molecule has 0 fully saturated rings. The lowest BCUT2D eigenvalue weighted by molar-refractivity contribution is 0.487. The molecule has 0 amide bonds. The average Bonchev–Trinajstić information content (AvgIpc) is 3.17. The summed E-state index contributed by atoms with van der Waals surface area (Å²) in [6, 6.07) is 7.83. The lowest BCUT2D eigenvalue weighted by Crippen LogP contribution is -2.06. The fraction of sp³-hybridized carbons (Fsp3) is 0.214. The Kier molecular flexibility index (Phi) is 4.20. The Balaban J connectivity index is 1.73. The van der Waals surface area contributed by atoms with Crippen molar-refractivity contribution in [1.82, 2.24) is 19.7 Å². The maximum Gasteiger partial charge on any atom is 0.178 e. The van der Waals surface area contributed by atoms with Gasteiger partial charge in [0, 0.05) is 6.20 Å². The van der Waals surface area contributed by atoms with Crippen molar-refractivity contribution >= 4 is 17.4 Å². The van der Waals surface area contributed by atoms with Crippen molar-refractivity contribution in [2.75, 3.05) is 11.6 Å². The van der Waals surface area contributed by atoms with E-state index in [0.29, 0.717) is 12.4 Å². The molecule has 3 rings (SSSR count). The van der Waals surface area contributed by atoms with Gasteiger partial charge in [-0.2, -0.15) is 16.9 Å². The first-order valence-electron chi connectivity index (χ1n) is 6.47. The van der Waals surface area contributed by atoms with Crippen LogP contribution in [0.5, 0.6) is 0 Å². The van der Waals surface area contributed by atoms with Crippen LogP contribution in [-0.2, 0) is 12.3 Å². The molecule has 21 heavy (non-hydrogen) atoms. The number of rotatable bonds is 6. The molecule has 3 aromatic heterocycles. The Morgan fingerprint density at radius 3 is 3.00 bits per heavy atom. The van der Waals surface area contributed by atoms with E-state index in [9.17, 15) is 0 Å². The van der Waals surface area contributed by atoms with Gasteiger partial charge in [-0.05, 0) is 30.5 Å². The summed E-state index contributed by atoms with van der Waals surface area (Å²) in [5, 5.41) is 7.43. The Morgan fingerprint density at radius 2 is 2.19 bits per heavy atom. The number of nitrogens with one attached hydrogen (secondary N) is 1. The lowest BCUT2D eigenvalue weighted by atomic mass is 10.3. The molecule has 0 radical (unpaired) electrons. The smallest absolute Gasteiger partial charge is 0.178 e. The van der Waals surface area contributed by atoms with Crippen molar-refractivity contribution < 1.29 is 4.42 Å². The van der Waals surface area contributed by atoms with E-state index < -0.39 is 0 Å². The second-order valence-corrected chi connectivity index (χ2v) is 5.24. The van der Waals surface area contributed by atoms with Gasteiger partial charge in [0.05, 0.1) is 18.0 Å². The van der Waals surface area contributed by atoms with Crippen molar-refractivity contribution in [3.05, 3.63) is 54.6 Å². The van der Waals surface area contributed by atoms with Gasteiger partial charge in [0.15, 0.2) is 5.82 Å². The van der Waals surface area contributed by atoms with Crippen LogP contribution in [0.25, 0.3) is 5.82 Å². The predicted molar refractivity (Wildman–Crippen MR) is 82.4 cm³/mol. The van der Waals surface area contributed by atoms with Gasteiger partial charge in [0.1, 0.15) is 24.2 Å². The molecule has 0 aromatic carbocycles. The van der Waals surface area contributed by atoms with E-state index >= 15 is 0 Å². The molecule has 6 nitrogen and oxygen atoms in total. The van der Waals surface area contributed by atoms with E-state index in [1.165, 1.54) is 6.33 Å². The number of hydrogen-bond acceptors (Lipinski definition) is 6. The molecule has 1 N–H and O–H groups in total. The van der Waals surface area contributed by atoms with Gasteiger partial charge < -0.3 is 9.73 Å². The fourth-order valence-corrected chi connectivity index (χ4v) is 2.39. The zero-order valence-electron chi connectivity index (χ0n) is 11.6. The highest BCUT2D eigenvalue weighted by Crippen LogP contribution is 2.18. The van der Waals surface area contributed by atoms with Crippen LogP contribution in [0.15, 0.2) is 47.5 Å². The maximum absolute atomic E-state index is 5.74. The largest absolute Gasteiger partial charge is 0.463 e. The summed E-state index contributed by atoms with van der Waals surface area (Å²) < 4.78 is 7.37. The zero-order chi connectivity index (χ0) is 14.5. The number of hydrogen-bond donors (Lipinski definition) is 1. The third-order valence-corrected chi connectivity index (χ3v) is 3.45. The molecule has 7 heteroatoms. The van der Waals surface area contributed by atoms with E-state index in [4.69, 9.17) is 4.42 Å². The van der Waals surface area contributed by atoms with Crippen LogP contribution in [0, 0.1) is 0 Å². The highest BCUT2D eigenvalue weighted by molar-refractivity contribution is 7.97. The van der Waals surface area contributed by atoms with E-state index in [2.05, 4.69) is 26.6 Å². The number of furan rings is 1. The molecule has 0 bridgehead atoms. The Bertz CT molecular complexity index is 695. The summed E-state index contributed by atoms with van der Waals surface area (Å²) in [6.45, 7) is 0.599. The van der Waals surface area contributed by atoms with Crippen molar-refractivity contribution in [2.45, 2.75) is 12.3 Å². The van der Waals surface area contributed by atoms with Crippen molar-refractivity contribution in [3.8, 4) is 5.82 Å². The second-order valence-electron chi connectivity index (χ2n) is 4.37. The minimum atomic E-state index is 0.599. The van der Waals surface area contributed by atoms with Gasteiger partial charge in [0.2, 0.25) is 0 Å². The first-order valence-corrected chi connectivity index (χ1v) is 7.86. The third kappa shape index (κ3) is 3.25. The zero-order valence-corrected chi connectivity index (χ0v) is 12.4. The van der Waals surface area contributed by atoms with Crippen LogP contribution >= 0.6 is 11.8 Å². The van der Waals surface area contributed by atoms with Crippen LogP contribution < -0.4 is 5.32 Å². The summed E-state index contributed by atoms with van der Waals surface area (Å²) in [5.74, 6) is 3.48. The average molecular weight is 301 g/mol. The number of nitrogens with zero attached hydrogens (tertiary/aromatic N) is 4. The molecular weight excluding hydrogens is 286 g/mol. The predicted octanol–water partition coefficient (Wildman–Crippen LogP) is 2.73. The fourth-order valence-electron chi connectivity index (χ4n) is 1.95. The molecule has 108 valence electrons. The molecule has 3 heterocycles. The van der Waals surface area contributed by atoms with E-state index in [-0.39, 0.29) is 0 Å². The molecule has 0 aliphatic heterocycles. The minimum Gasteiger partial charge on any atom is -0.463 e. The number of thioether (sulfide) groups is 1. The summed E-state index contributed by atoms with van der Waals surface area (Å²) >= 11 is 1.74. The molecule has 0 unspecified atom stereocenters. The first kappa shape index (κ1) is 13.7. The molecule has 0 saturated heterocycles. The van der Waals surface area contributed by atoms with E-state index in [1.54, 1.807) is 29.0 Å². The summed E-state index contributed by atoms with van der Waals surface area (Å²) in [6.07, 6.45) is 6.89. The summed E-state index contributed by atoms with van der Waals surface area (Å²) in [5.41, 5.74) is 0.880. The van der Waals surface area contributed by atoms with Crippen molar-refractivity contribution in [2.24, 2.45) is 0 Å². The summed E-state index contributed by atoms with van der Waals surface area (Å²) in [7, 11) is 0. The van der Waals surface area contributed by atoms with E-state index in [1.807, 2.05) is 24.3 Å². The molecule has 3 aromatic rings. The maximum atomic E-state index is 5.74. The second kappa shape index (κ2) is 6.45.